The Labute approximate surface area is 159 Å². The Hall–Kier alpha value is -2.57. The van der Waals surface area contributed by atoms with E-state index >= 15 is 0 Å². The van der Waals surface area contributed by atoms with Crippen molar-refractivity contribution in [3.05, 3.63) is 65.7 Å². The van der Waals surface area contributed by atoms with Crippen LogP contribution in [0.15, 0.2) is 59.5 Å². The molecule has 27 heavy (non-hydrogen) atoms. The van der Waals surface area contributed by atoms with Crippen molar-refractivity contribution in [1.29, 1.82) is 0 Å². The normalized spacial score (nSPS) is 14.7. The van der Waals surface area contributed by atoms with E-state index in [4.69, 9.17) is 9.47 Å². The van der Waals surface area contributed by atoms with E-state index in [9.17, 15) is 8.42 Å². The van der Waals surface area contributed by atoms with Crippen LogP contribution in [0.2, 0.25) is 0 Å². The molecule has 1 aliphatic heterocycles. The second-order valence-electron chi connectivity index (χ2n) is 6.57. The molecule has 3 aromatic rings. The third-order valence-electron chi connectivity index (χ3n) is 5.04. The summed E-state index contributed by atoms with van der Waals surface area (Å²) in [6.45, 7) is 0.766. The Bertz CT molecular complexity index is 1110. The average Bonchev–Trinajstić information content (AvgIpc) is 2.71. The van der Waals surface area contributed by atoms with E-state index in [2.05, 4.69) is 0 Å². The van der Waals surface area contributed by atoms with Gasteiger partial charge in [-0.25, -0.2) is 8.42 Å². The minimum atomic E-state index is -3.57. The summed E-state index contributed by atoms with van der Waals surface area (Å²) in [6.07, 6.45) is 0.641. The molecule has 0 aromatic heterocycles. The van der Waals surface area contributed by atoms with E-state index in [0.717, 1.165) is 21.9 Å². The van der Waals surface area contributed by atoms with Gasteiger partial charge in [0.25, 0.3) is 0 Å². The second kappa shape index (κ2) is 6.87. The first-order chi connectivity index (χ1) is 13.0. The van der Waals surface area contributed by atoms with Crippen LogP contribution in [0.1, 0.15) is 11.1 Å². The monoisotopic (exact) mass is 383 g/mol. The molecule has 0 N–H and O–H groups in total. The molecule has 0 bridgehead atoms. The molecule has 0 amide bonds. The van der Waals surface area contributed by atoms with Gasteiger partial charge in [-0.05, 0) is 52.6 Å². The lowest BCUT2D eigenvalue weighted by atomic mass is 10.0. The molecule has 0 atom stereocenters. The Morgan fingerprint density at radius 3 is 2.22 bits per heavy atom. The van der Waals surface area contributed by atoms with E-state index in [-0.39, 0.29) is 0 Å². The van der Waals surface area contributed by atoms with Crippen molar-refractivity contribution in [2.45, 2.75) is 17.9 Å². The number of hydrogen-bond donors (Lipinski definition) is 0. The van der Waals surface area contributed by atoms with Crippen LogP contribution < -0.4 is 9.47 Å². The maximum atomic E-state index is 13.2. The summed E-state index contributed by atoms with van der Waals surface area (Å²) in [4.78, 5) is 0.324. The highest BCUT2D eigenvalue weighted by Gasteiger charge is 2.29. The van der Waals surface area contributed by atoms with Gasteiger partial charge in [-0.1, -0.05) is 30.3 Å². The van der Waals surface area contributed by atoms with Crippen molar-refractivity contribution in [2.75, 3.05) is 20.8 Å². The third-order valence-corrected chi connectivity index (χ3v) is 6.88. The molecule has 0 aliphatic carbocycles. The molecule has 1 aliphatic rings. The van der Waals surface area contributed by atoms with Crippen LogP contribution in [0.4, 0.5) is 0 Å². The summed E-state index contributed by atoms with van der Waals surface area (Å²) in [7, 11) is -0.389. The maximum absolute atomic E-state index is 13.2. The highest BCUT2D eigenvalue weighted by atomic mass is 32.2. The zero-order chi connectivity index (χ0) is 19.0. The van der Waals surface area contributed by atoms with Crippen LogP contribution in [0.3, 0.4) is 0 Å². The highest BCUT2D eigenvalue weighted by Crippen LogP contribution is 2.34. The summed E-state index contributed by atoms with van der Waals surface area (Å²) >= 11 is 0. The van der Waals surface area contributed by atoms with Gasteiger partial charge in [0, 0.05) is 13.1 Å². The van der Waals surface area contributed by atoms with E-state index in [1.165, 1.54) is 4.31 Å². The highest BCUT2D eigenvalue weighted by molar-refractivity contribution is 7.89. The van der Waals surface area contributed by atoms with Crippen LogP contribution >= 0.6 is 0 Å². The predicted octanol–water partition coefficient (Wildman–Crippen LogP) is 3.60. The molecule has 4 rings (SSSR count). The van der Waals surface area contributed by atoms with E-state index in [1.807, 2.05) is 42.5 Å². The molecule has 0 unspecified atom stereocenters. The van der Waals surface area contributed by atoms with Gasteiger partial charge in [0.2, 0.25) is 10.0 Å². The number of ether oxygens (including phenoxy) is 2. The first kappa shape index (κ1) is 17.8. The predicted molar refractivity (Wildman–Crippen MR) is 105 cm³/mol. The molecule has 0 saturated carbocycles. The minimum Gasteiger partial charge on any atom is -0.493 e. The Morgan fingerprint density at radius 1 is 0.852 bits per heavy atom. The van der Waals surface area contributed by atoms with Crippen molar-refractivity contribution >= 4 is 20.8 Å². The van der Waals surface area contributed by atoms with Crippen LogP contribution in [-0.2, 0) is 23.0 Å². The SMILES string of the molecule is COc1cc2c(cc1OC)CN(S(=O)(=O)c1ccc3ccccc3c1)CC2. The van der Waals surface area contributed by atoms with Gasteiger partial charge >= 0.3 is 0 Å². The van der Waals surface area contributed by atoms with Gasteiger partial charge in [-0.3, -0.25) is 0 Å². The lowest BCUT2D eigenvalue weighted by Gasteiger charge is -2.29. The van der Waals surface area contributed by atoms with Crippen molar-refractivity contribution < 1.29 is 17.9 Å². The first-order valence-corrected chi connectivity index (χ1v) is 10.2. The standard InChI is InChI=1S/C21H21NO4S/c1-25-20-12-17-9-10-22(14-18(17)13-21(20)26-2)27(23,24)19-8-7-15-5-3-4-6-16(15)11-19/h3-8,11-13H,9-10,14H2,1-2H3. The Kier molecular flexibility index (Phi) is 4.53. The van der Waals surface area contributed by atoms with Crippen LogP contribution in [0.5, 0.6) is 11.5 Å². The van der Waals surface area contributed by atoms with Gasteiger partial charge in [0.15, 0.2) is 11.5 Å². The lowest BCUT2D eigenvalue weighted by Crippen LogP contribution is -2.36. The van der Waals surface area contributed by atoms with Crippen LogP contribution in [-0.4, -0.2) is 33.5 Å². The van der Waals surface area contributed by atoms with Gasteiger partial charge in [-0.2, -0.15) is 4.31 Å². The van der Waals surface area contributed by atoms with Gasteiger partial charge in [-0.15, -0.1) is 0 Å². The molecule has 3 aromatic carbocycles. The topological polar surface area (TPSA) is 55.8 Å². The summed E-state index contributed by atoms with van der Waals surface area (Å²) < 4.78 is 38.6. The fraction of sp³-hybridized carbons (Fsp3) is 0.238. The molecule has 140 valence electrons. The van der Waals surface area contributed by atoms with Crippen LogP contribution in [0, 0.1) is 0 Å². The molecule has 5 nitrogen and oxygen atoms in total. The Balaban J connectivity index is 1.69. The van der Waals surface area contributed by atoms with Gasteiger partial charge < -0.3 is 9.47 Å². The summed E-state index contributed by atoms with van der Waals surface area (Å²) in [5.74, 6) is 1.28. The number of nitrogens with zero attached hydrogens (tertiary/aromatic N) is 1. The fourth-order valence-electron chi connectivity index (χ4n) is 3.54. The quantitative estimate of drug-likeness (QED) is 0.691. The zero-order valence-electron chi connectivity index (χ0n) is 15.3. The van der Waals surface area contributed by atoms with Crippen molar-refractivity contribution in [1.82, 2.24) is 4.31 Å². The number of methoxy groups -OCH3 is 2. The largest absolute Gasteiger partial charge is 0.493 e. The Morgan fingerprint density at radius 2 is 1.52 bits per heavy atom. The molecule has 0 saturated heterocycles. The van der Waals surface area contributed by atoms with Gasteiger partial charge in [0.05, 0.1) is 19.1 Å². The molecule has 1 heterocycles. The van der Waals surface area contributed by atoms with E-state index in [1.54, 1.807) is 26.4 Å². The van der Waals surface area contributed by atoms with Crippen molar-refractivity contribution in [3.8, 4) is 11.5 Å². The maximum Gasteiger partial charge on any atom is 0.243 e. The summed E-state index contributed by atoms with van der Waals surface area (Å²) in [5.41, 5.74) is 2.04. The zero-order valence-corrected chi connectivity index (χ0v) is 16.1. The molecular weight excluding hydrogens is 362 g/mol. The minimum absolute atomic E-state index is 0.324. The number of fused-ring (bicyclic) bond motifs is 2. The van der Waals surface area contributed by atoms with E-state index < -0.39 is 10.0 Å². The third kappa shape index (κ3) is 3.15. The van der Waals surface area contributed by atoms with E-state index in [0.29, 0.717) is 35.9 Å². The molecule has 0 radical (unpaired) electrons. The summed E-state index contributed by atoms with van der Waals surface area (Å²) in [6, 6.07) is 16.9. The van der Waals surface area contributed by atoms with Crippen molar-refractivity contribution in [3.63, 3.8) is 0 Å². The number of rotatable bonds is 4. The fourth-order valence-corrected chi connectivity index (χ4v) is 4.99. The lowest BCUT2D eigenvalue weighted by molar-refractivity contribution is 0.348. The van der Waals surface area contributed by atoms with Gasteiger partial charge in [0.1, 0.15) is 0 Å². The first-order valence-electron chi connectivity index (χ1n) is 8.75. The van der Waals surface area contributed by atoms with Crippen LogP contribution in [0.25, 0.3) is 10.8 Å². The number of benzene rings is 3. The van der Waals surface area contributed by atoms with Crippen molar-refractivity contribution in [2.24, 2.45) is 0 Å². The molecule has 0 fully saturated rings. The second-order valence-corrected chi connectivity index (χ2v) is 8.51. The smallest absolute Gasteiger partial charge is 0.243 e. The molecule has 6 heteroatoms. The molecule has 0 spiro atoms. The number of hydrogen-bond acceptors (Lipinski definition) is 4. The summed E-state index contributed by atoms with van der Waals surface area (Å²) in [5, 5.41) is 1.94. The molecular formula is C21H21NO4S. The average molecular weight is 383 g/mol. The number of sulfonamides is 1.